The summed E-state index contributed by atoms with van der Waals surface area (Å²) in [7, 11) is 1.59. The molecule has 0 aliphatic carbocycles. The van der Waals surface area contributed by atoms with Crippen molar-refractivity contribution in [3.05, 3.63) is 23.8 Å². The first-order valence-corrected chi connectivity index (χ1v) is 6.25. The summed E-state index contributed by atoms with van der Waals surface area (Å²) in [6, 6.07) is 5.45. The molecule has 1 atom stereocenters. The fraction of sp³-hybridized carbons (Fsp3) is 0.571. The molecular formula is C14H22O4. The molecule has 0 bridgehead atoms. The second kappa shape index (κ2) is 7.95. The van der Waals surface area contributed by atoms with Gasteiger partial charge in [0.15, 0.2) is 11.5 Å². The van der Waals surface area contributed by atoms with Gasteiger partial charge in [-0.3, -0.25) is 0 Å². The van der Waals surface area contributed by atoms with Crippen molar-refractivity contribution in [3.8, 4) is 11.5 Å². The van der Waals surface area contributed by atoms with Crippen LogP contribution in [0.4, 0.5) is 0 Å². The fourth-order valence-electron chi connectivity index (χ4n) is 1.55. The molecule has 1 rings (SSSR count). The Morgan fingerprint density at radius 3 is 2.61 bits per heavy atom. The van der Waals surface area contributed by atoms with Crippen LogP contribution in [0, 0.1) is 0 Å². The van der Waals surface area contributed by atoms with Crippen LogP contribution in [-0.4, -0.2) is 32.0 Å². The predicted molar refractivity (Wildman–Crippen MR) is 70.2 cm³/mol. The molecule has 0 spiro atoms. The van der Waals surface area contributed by atoms with Gasteiger partial charge in [0.2, 0.25) is 0 Å². The van der Waals surface area contributed by atoms with E-state index < -0.39 is 6.10 Å². The maximum atomic E-state index is 9.49. The second-order valence-electron chi connectivity index (χ2n) is 3.99. The van der Waals surface area contributed by atoms with Gasteiger partial charge in [-0.15, -0.1) is 0 Å². The van der Waals surface area contributed by atoms with Crippen molar-refractivity contribution < 1.29 is 19.3 Å². The predicted octanol–water partition coefficient (Wildman–Crippen LogP) is 2.55. The lowest BCUT2D eigenvalue weighted by Gasteiger charge is -2.13. The van der Waals surface area contributed by atoms with Gasteiger partial charge < -0.3 is 19.3 Å². The van der Waals surface area contributed by atoms with Crippen LogP contribution in [0.3, 0.4) is 0 Å². The summed E-state index contributed by atoms with van der Waals surface area (Å²) in [6.07, 6.45) is 0.334. The number of hydrogen-bond acceptors (Lipinski definition) is 4. The highest BCUT2D eigenvalue weighted by Crippen LogP contribution is 2.30. The lowest BCUT2D eigenvalue weighted by molar-refractivity contribution is 0.130. The van der Waals surface area contributed by atoms with Crippen molar-refractivity contribution in [2.75, 3.05) is 26.9 Å². The molecule has 0 fully saturated rings. The summed E-state index contributed by atoms with van der Waals surface area (Å²) < 4.78 is 16.1. The van der Waals surface area contributed by atoms with E-state index in [0.29, 0.717) is 24.7 Å². The van der Waals surface area contributed by atoms with Crippen LogP contribution in [0.1, 0.15) is 31.9 Å². The van der Waals surface area contributed by atoms with E-state index in [-0.39, 0.29) is 0 Å². The van der Waals surface area contributed by atoms with Crippen LogP contribution in [0.2, 0.25) is 0 Å². The summed E-state index contributed by atoms with van der Waals surface area (Å²) in [5.74, 6) is 1.34. The molecule has 1 aromatic rings. The standard InChI is InChI=1S/C14H22O4/c1-4-17-8-5-9-18-13-7-6-12(11(2)15)10-14(13)16-3/h6-7,10-11,15H,4-5,8-9H2,1-3H3/t11-/m0/s1. The number of benzene rings is 1. The van der Waals surface area contributed by atoms with Crippen molar-refractivity contribution in [1.82, 2.24) is 0 Å². The molecule has 0 aliphatic rings. The van der Waals surface area contributed by atoms with Gasteiger partial charge in [-0.2, -0.15) is 0 Å². The lowest BCUT2D eigenvalue weighted by Crippen LogP contribution is -2.04. The maximum absolute atomic E-state index is 9.49. The first-order chi connectivity index (χ1) is 8.69. The SMILES string of the molecule is CCOCCCOc1ccc([C@H](C)O)cc1OC. The highest BCUT2D eigenvalue weighted by molar-refractivity contribution is 5.43. The Labute approximate surface area is 108 Å². The van der Waals surface area contributed by atoms with E-state index in [0.717, 1.165) is 18.6 Å². The molecule has 0 amide bonds. The van der Waals surface area contributed by atoms with Gasteiger partial charge in [0, 0.05) is 19.6 Å². The average Bonchev–Trinajstić information content (AvgIpc) is 2.38. The van der Waals surface area contributed by atoms with E-state index in [1.165, 1.54) is 0 Å². The van der Waals surface area contributed by atoms with E-state index >= 15 is 0 Å². The number of aliphatic hydroxyl groups is 1. The lowest BCUT2D eigenvalue weighted by atomic mass is 10.1. The van der Waals surface area contributed by atoms with Gasteiger partial charge in [0.1, 0.15) is 0 Å². The van der Waals surface area contributed by atoms with Crippen LogP contribution in [0.25, 0.3) is 0 Å². The summed E-state index contributed by atoms with van der Waals surface area (Å²) in [6.45, 7) is 5.71. The molecule has 0 heterocycles. The Morgan fingerprint density at radius 2 is 2.00 bits per heavy atom. The van der Waals surface area contributed by atoms with Crippen molar-refractivity contribution in [1.29, 1.82) is 0 Å². The van der Waals surface area contributed by atoms with Crippen molar-refractivity contribution in [2.24, 2.45) is 0 Å². The van der Waals surface area contributed by atoms with Crippen LogP contribution < -0.4 is 9.47 Å². The quantitative estimate of drug-likeness (QED) is 0.724. The van der Waals surface area contributed by atoms with Crippen molar-refractivity contribution in [3.63, 3.8) is 0 Å². The summed E-state index contributed by atoms with van der Waals surface area (Å²) in [4.78, 5) is 0. The molecule has 0 aromatic heterocycles. The molecular weight excluding hydrogens is 232 g/mol. The van der Waals surface area contributed by atoms with Crippen molar-refractivity contribution >= 4 is 0 Å². The fourth-order valence-corrected chi connectivity index (χ4v) is 1.55. The van der Waals surface area contributed by atoms with Crippen LogP contribution in [0.5, 0.6) is 11.5 Å². The van der Waals surface area contributed by atoms with Crippen LogP contribution >= 0.6 is 0 Å². The smallest absolute Gasteiger partial charge is 0.161 e. The second-order valence-corrected chi connectivity index (χ2v) is 3.99. The van der Waals surface area contributed by atoms with Gasteiger partial charge in [0.05, 0.1) is 19.8 Å². The number of methoxy groups -OCH3 is 1. The Bertz CT molecular complexity index is 350. The van der Waals surface area contributed by atoms with E-state index in [1.807, 2.05) is 19.1 Å². The highest BCUT2D eigenvalue weighted by atomic mass is 16.5. The molecule has 0 radical (unpaired) electrons. The number of ether oxygens (including phenoxy) is 3. The number of rotatable bonds is 8. The van der Waals surface area contributed by atoms with Gasteiger partial charge in [-0.05, 0) is 31.5 Å². The third-order valence-corrected chi connectivity index (χ3v) is 2.56. The Morgan fingerprint density at radius 1 is 1.22 bits per heavy atom. The third kappa shape index (κ3) is 4.55. The molecule has 0 aliphatic heterocycles. The normalized spacial score (nSPS) is 12.2. The number of aliphatic hydroxyl groups excluding tert-OH is 1. The minimum absolute atomic E-state index is 0.508. The topological polar surface area (TPSA) is 47.9 Å². The van der Waals surface area contributed by atoms with E-state index in [1.54, 1.807) is 20.1 Å². The largest absolute Gasteiger partial charge is 0.493 e. The molecule has 1 N–H and O–H groups in total. The minimum atomic E-state index is -0.508. The third-order valence-electron chi connectivity index (χ3n) is 2.56. The van der Waals surface area contributed by atoms with Crippen LogP contribution in [-0.2, 0) is 4.74 Å². The Hall–Kier alpha value is -1.26. The molecule has 1 aromatic carbocycles. The molecule has 0 saturated carbocycles. The molecule has 4 nitrogen and oxygen atoms in total. The maximum Gasteiger partial charge on any atom is 0.161 e. The van der Waals surface area contributed by atoms with Gasteiger partial charge in [0.25, 0.3) is 0 Å². The molecule has 0 saturated heterocycles. The zero-order chi connectivity index (χ0) is 13.4. The summed E-state index contributed by atoms with van der Waals surface area (Å²) in [5.41, 5.74) is 0.813. The zero-order valence-electron chi connectivity index (χ0n) is 11.3. The Kier molecular flexibility index (Phi) is 6.54. The molecule has 0 unspecified atom stereocenters. The highest BCUT2D eigenvalue weighted by Gasteiger charge is 2.08. The molecule has 4 heteroatoms. The summed E-state index contributed by atoms with van der Waals surface area (Å²) in [5, 5.41) is 9.49. The van der Waals surface area contributed by atoms with E-state index in [4.69, 9.17) is 14.2 Å². The summed E-state index contributed by atoms with van der Waals surface area (Å²) >= 11 is 0. The molecule has 18 heavy (non-hydrogen) atoms. The number of hydrogen-bond donors (Lipinski definition) is 1. The van der Waals surface area contributed by atoms with E-state index in [9.17, 15) is 5.11 Å². The van der Waals surface area contributed by atoms with Gasteiger partial charge >= 0.3 is 0 Å². The first kappa shape index (κ1) is 14.8. The van der Waals surface area contributed by atoms with Crippen LogP contribution in [0.15, 0.2) is 18.2 Å². The monoisotopic (exact) mass is 254 g/mol. The van der Waals surface area contributed by atoms with Crippen molar-refractivity contribution in [2.45, 2.75) is 26.4 Å². The van der Waals surface area contributed by atoms with Gasteiger partial charge in [-0.1, -0.05) is 6.07 Å². The Balaban J connectivity index is 2.54. The van der Waals surface area contributed by atoms with E-state index in [2.05, 4.69) is 0 Å². The average molecular weight is 254 g/mol. The zero-order valence-corrected chi connectivity index (χ0v) is 11.3. The minimum Gasteiger partial charge on any atom is -0.493 e. The van der Waals surface area contributed by atoms with Gasteiger partial charge in [-0.25, -0.2) is 0 Å². The molecule has 102 valence electrons. The first-order valence-electron chi connectivity index (χ1n) is 6.25.